The Morgan fingerprint density at radius 1 is 1.09 bits per heavy atom. The molecule has 2 fully saturated rings. The predicted octanol–water partition coefficient (Wildman–Crippen LogP) is 3.89. The molecule has 3 aliphatic rings. The molecule has 2 bridgehead atoms. The second-order valence-electron chi connectivity index (χ2n) is 12.1. The van der Waals surface area contributed by atoms with Crippen molar-refractivity contribution >= 4 is 29.0 Å². The number of methoxy groups -OCH3 is 1. The van der Waals surface area contributed by atoms with Crippen LogP contribution in [0.15, 0.2) is 36.4 Å². The van der Waals surface area contributed by atoms with E-state index < -0.39 is 71.3 Å². The van der Waals surface area contributed by atoms with Gasteiger partial charge in [-0.15, -0.1) is 0 Å². The topological polar surface area (TPSA) is 129 Å². The van der Waals surface area contributed by atoms with Crippen LogP contribution in [-0.4, -0.2) is 83.5 Å². The Morgan fingerprint density at radius 3 is 2.49 bits per heavy atom. The number of nitrogens with one attached hydrogen (secondary N) is 1. The number of alkyl carbamates (subject to hydrolysis) is 1. The Balaban J connectivity index is 1.57. The molecule has 2 aliphatic heterocycles. The van der Waals surface area contributed by atoms with Gasteiger partial charge in [-0.1, -0.05) is 39.0 Å². The summed E-state index contributed by atoms with van der Waals surface area (Å²) < 4.78 is 53.8. The molecule has 43 heavy (non-hydrogen) atoms. The summed E-state index contributed by atoms with van der Waals surface area (Å²) in [5.41, 5.74) is -0.900. The Labute approximate surface area is 247 Å². The third kappa shape index (κ3) is 6.56. The Hall–Kier alpha value is -3.87. The van der Waals surface area contributed by atoms with Crippen molar-refractivity contribution in [1.82, 2.24) is 20.2 Å². The number of hydrogen-bond acceptors (Lipinski definition) is 9. The fourth-order valence-corrected chi connectivity index (χ4v) is 5.70. The summed E-state index contributed by atoms with van der Waals surface area (Å²) in [5.74, 6) is -5.28. The average Bonchev–Trinajstić information content (AvgIpc) is 3.58. The summed E-state index contributed by atoms with van der Waals surface area (Å²) in [6, 6.07) is 4.38. The van der Waals surface area contributed by atoms with Crippen molar-refractivity contribution < 1.29 is 42.1 Å². The maximum atomic E-state index is 15.7. The standard InChI is InChI=1S/C30H36F2N4O7/c1-29(2,3)24-26(37)36-16-17(15-20(36)27(38)40-4)42-25-23(33-18-9-5-6-10-19(18)34-25)30(31,32)13-8-14-41-21-11-7-12-22(21)43-28(39)35-24/h5-6,8-10,13,17,20-22,24H,7,11-12,14-16H2,1-4H3,(H,35,39)/b13-8-/t17-,20+,21-,22-,24-/m1/s1. The maximum Gasteiger partial charge on any atom is 0.408 e. The molecule has 3 heterocycles. The zero-order valence-corrected chi connectivity index (χ0v) is 24.5. The van der Waals surface area contributed by atoms with E-state index in [4.69, 9.17) is 18.9 Å². The second kappa shape index (κ2) is 12.0. The Kier molecular flexibility index (Phi) is 8.55. The van der Waals surface area contributed by atoms with Crippen LogP contribution in [0.5, 0.6) is 5.88 Å². The minimum Gasteiger partial charge on any atom is -0.471 e. The van der Waals surface area contributed by atoms with Crippen molar-refractivity contribution in [3.05, 3.63) is 42.1 Å². The van der Waals surface area contributed by atoms with Crippen molar-refractivity contribution in [2.45, 2.75) is 82.8 Å². The van der Waals surface area contributed by atoms with E-state index in [0.29, 0.717) is 30.9 Å². The summed E-state index contributed by atoms with van der Waals surface area (Å²) >= 11 is 0. The van der Waals surface area contributed by atoms with Gasteiger partial charge in [0.05, 0.1) is 37.4 Å². The number of amides is 2. The Bertz CT molecular complexity index is 1410. The first-order chi connectivity index (χ1) is 20.4. The van der Waals surface area contributed by atoms with Crippen LogP contribution in [0, 0.1) is 5.41 Å². The number of carbonyl (C=O) groups excluding carboxylic acids is 3. The van der Waals surface area contributed by atoms with Gasteiger partial charge in [0, 0.05) is 6.42 Å². The van der Waals surface area contributed by atoms with Gasteiger partial charge in [0.15, 0.2) is 5.69 Å². The van der Waals surface area contributed by atoms with Crippen molar-refractivity contribution in [2.24, 2.45) is 5.41 Å². The fourth-order valence-electron chi connectivity index (χ4n) is 5.70. The number of fused-ring (bicyclic) bond motifs is 5. The lowest BCUT2D eigenvalue weighted by Gasteiger charge is -2.35. The number of aromatic nitrogens is 2. The van der Waals surface area contributed by atoms with E-state index in [2.05, 4.69) is 15.3 Å². The first kappa shape index (κ1) is 30.6. The van der Waals surface area contributed by atoms with Crippen molar-refractivity contribution in [3.63, 3.8) is 0 Å². The van der Waals surface area contributed by atoms with Crippen LogP contribution in [0.1, 0.15) is 52.1 Å². The largest absolute Gasteiger partial charge is 0.471 e. The zero-order chi connectivity index (χ0) is 30.9. The highest BCUT2D eigenvalue weighted by atomic mass is 19.3. The third-order valence-corrected chi connectivity index (χ3v) is 7.91. The van der Waals surface area contributed by atoms with Crippen LogP contribution in [0.3, 0.4) is 0 Å². The highest BCUT2D eigenvalue weighted by molar-refractivity contribution is 5.91. The van der Waals surface area contributed by atoms with Gasteiger partial charge in [-0.25, -0.2) is 19.6 Å². The number of alkyl halides is 2. The molecule has 2 amide bonds. The molecule has 232 valence electrons. The zero-order valence-electron chi connectivity index (χ0n) is 24.5. The first-order valence-corrected chi connectivity index (χ1v) is 14.3. The number of para-hydroxylation sites is 2. The molecular formula is C30H36F2N4O7. The predicted molar refractivity (Wildman–Crippen MR) is 149 cm³/mol. The molecule has 1 saturated carbocycles. The van der Waals surface area contributed by atoms with Gasteiger partial charge >= 0.3 is 18.0 Å². The quantitative estimate of drug-likeness (QED) is 0.382. The monoisotopic (exact) mass is 602 g/mol. The van der Waals surface area contributed by atoms with E-state index in [9.17, 15) is 14.4 Å². The highest BCUT2D eigenvalue weighted by Gasteiger charge is 2.47. The summed E-state index contributed by atoms with van der Waals surface area (Å²) in [6.07, 6.45) is 0.799. The molecule has 1 saturated heterocycles. The molecular weight excluding hydrogens is 566 g/mol. The maximum absolute atomic E-state index is 15.7. The smallest absolute Gasteiger partial charge is 0.408 e. The molecule has 11 nitrogen and oxygen atoms in total. The first-order valence-electron chi connectivity index (χ1n) is 14.3. The van der Waals surface area contributed by atoms with Gasteiger partial charge in [-0.2, -0.15) is 8.78 Å². The number of halogens is 2. The van der Waals surface area contributed by atoms with Gasteiger partial charge in [0.2, 0.25) is 11.8 Å². The number of hydrogen-bond donors (Lipinski definition) is 1. The normalized spacial score (nSPS) is 28.9. The molecule has 13 heteroatoms. The van der Waals surface area contributed by atoms with E-state index in [1.165, 1.54) is 18.1 Å². The molecule has 0 radical (unpaired) electrons. The van der Waals surface area contributed by atoms with Crippen LogP contribution in [-0.2, 0) is 29.7 Å². The lowest BCUT2D eigenvalue weighted by molar-refractivity contribution is -0.152. The van der Waals surface area contributed by atoms with Crippen LogP contribution in [0.4, 0.5) is 13.6 Å². The van der Waals surface area contributed by atoms with E-state index in [1.807, 2.05) is 0 Å². The number of esters is 1. The summed E-state index contributed by atoms with van der Waals surface area (Å²) in [4.78, 5) is 49.6. The molecule has 0 unspecified atom stereocenters. The molecule has 1 aliphatic carbocycles. The van der Waals surface area contributed by atoms with Crippen molar-refractivity contribution in [1.29, 1.82) is 0 Å². The fraction of sp³-hybridized carbons (Fsp3) is 0.567. The van der Waals surface area contributed by atoms with Crippen LogP contribution in [0.2, 0.25) is 0 Å². The molecule has 2 aromatic rings. The van der Waals surface area contributed by atoms with E-state index in [-0.39, 0.29) is 25.1 Å². The molecule has 1 N–H and O–H groups in total. The third-order valence-electron chi connectivity index (χ3n) is 7.91. The molecule has 1 aromatic heterocycles. The summed E-state index contributed by atoms with van der Waals surface area (Å²) in [5, 5.41) is 2.69. The van der Waals surface area contributed by atoms with Crippen LogP contribution < -0.4 is 10.1 Å². The van der Waals surface area contributed by atoms with E-state index in [1.54, 1.807) is 45.0 Å². The summed E-state index contributed by atoms with van der Waals surface area (Å²) in [7, 11) is 1.19. The lowest BCUT2D eigenvalue weighted by Crippen LogP contribution is -2.57. The number of nitrogens with zero attached hydrogens (tertiary/aromatic N) is 3. The van der Waals surface area contributed by atoms with Gasteiger partial charge in [-0.3, -0.25) is 4.79 Å². The molecule has 5 atom stereocenters. The average molecular weight is 603 g/mol. The van der Waals surface area contributed by atoms with Gasteiger partial charge < -0.3 is 29.2 Å². The van der Waals surface area contributed by atoms with Crippen LogP contribution in [0.25, 0.3) is 11.0 Å². The van der Waals surface area contributed by atoms with Crippen molar-refractivity contribution in [3.8, 4) is 5.88 Å². The SMILES string of the molecule is COC(=O)[C@@H]1C[C@@H]2CN1C(=O)[C@H](C(C)(C)C)NC(=O)O[C@@H]1CCC[C@H]1OC/C=C\C(F)(F)c1nc3ccccc3nc1O2. The minimum absolute atomic E-state index is 0.0489. The number of rotatable bonds is 1. The number of carbonyl (C=O) groups is 3. The van der Waals surface area contributed by atoms with Crippen molar-refractivity contribution in [2.75, 3.05) is 20.3 Å². The van der Waals surface area contributed by atoms with E-state index >= 15 is 8.78 Å². The van der Waals surface area contributed by atoms with E-state index in [0.717, 1.165) is 0 Å². The molecule has 1 aromatic carbocycles. The number of allylic oxidation sites excluding steroid dienone is 1. The second-order valence-corrected chi connectivity index (χ2v) is 12.1. The van der Waals surface area contributed by atoms with Gasteiger partial charge in [0.25, 0.3) is 0 Å². The summed E-state index contributed by atoms with van der Waals surface area (Å²) in [6.45, 7) is 5.01. The molecule has 5 rings (SSSR count). The van der Waals surface area contributed by atoms with Gasteiger partial charge in [0.1, 0.15) is 24.3 Å². The minimum atomic E-state index is -3.60. The molecule has 0 spiro atoms. The number of ether oxygens (including phenoxy) is 4. The lowest BCUT2D eigenvalue weighted by atomic mass is 9.85. The Morgan fingerprint density at radius 2 is 1.79 bits per heavy atom. The number of benzene rings is 1. The highest BCUT2D eigenvalue weighted by Crippen LogP contribution is 2.37. The van der Waals surface area contributed by atoms with Gasteiger partial charge in [-0.05, 0) is 42.9 Å². The van der Waals surface area contributed by atoms with Crippen LogP contribution >= 0.6 is 0 Å².